The summed E-state index contributed by atoms with van der Waals surface area (Å²) in [6.07, 6.45) is 9.58. The van der Waals surface area contributed by atoms with E-state index in [0.717, 1.165) is 57.1 Å². The lowest BCUT2D eigenvalue weighted by Gasteiger charge is -2.41. The summed E-state index contributed by atoms with van der Waals surface area (Å²) in [6, 6.07) is 2.78. The predicted molar refractivity (Wildman–Crippen MR) is 118 cm³/mol. The van der Waals surface area contributed by atoms with Crippen molar-refractivity contribution in [3.05, 3.63) is 28.3 Å². The predicted octanol–water partition coefficient (Wildman–Crippen LogP) is 3.52. The highest BCUT2D eigenvalue weighted by atomic mass is 32.2. The molecule has 4 aliphatic rings. The van der Waals surface area contributed by atoms with Crippen LogP contribution in [-0.4, -0.2) is 42.7 Å². The number of fused-ring (bicyclic) bond motifs is 4. The van der Waals surface area contributed by atoms with Crippen LogP contribution in [0, 0.1) is 0 Å². The van der Waals surface area contributed by atoms with Crippen LogP contribution in [0.4, 0.5) is 10.5 Å². The second-order valence-electron chi connectivity index (χ2n) is 9.85. The Morgan fingerprint density at radius 3 is 2.10 bits per heavy atom. The average molecular weight is 432 g/mol. The van der Waals surface area contributed by atoms with Crippen LogP contribution in [0.15, 0.2) is 6.07 Å². The molecule has 1 aromatic rings. The van der Waals surface area contributed by atoms with Gasteiger partial charge in [0, 0.05) is 23.8 Å². The molecule has 1 aromatic carbocycles. The smallest absolute Gasteiger partial charge is 0.307 e. The van der Waals surface area contributed by atoms with E-state index in [-0.39, 0.29) is 0 Å². The number of sulfonamides is 1. The molecule has 2 fully saturated rings. The number of carbonyl (C=O) groups is 1. The summed E-state index contributed by atoms with van der Waals surface area (Å²) in [6.45, 7) is 4.37. The molecule has 2 N–H and O–H groups in total. The fourth-order valence-electron chi connectivity index (χ4n) is 6.58. The van der Waals surface area contributed by atoms with Gasteiger partial charge in [-0.2, -0.15) is 0 Å². The summed E-state index contributed by atoms with van der Waals surface area (Å²) >= 11 is 0. The molecule has 0 saturated carbocycles. The number of hydrogen-bond acceptors (Lipinski definition) is 4. The zero-order chi connectivity index (χ0) is 21.0. The number of amides is 2. The van der Waals surface area contributed by atoms with Gasteiger partial charge in [-0.1, -0.05) is 6.07 Å². The molecule has 2 heterocycles. The molecule has 2 amide bonds. The lowest BCUT2D eigenvalue weighted by atomic mass is 9.99. The van der Waals surface area contributed by atoms with E-state index in [9.17, 15) is 13.2 Å². The molecule has 0 spiro atoms. The van der Waals surface area contributed by atoms with E-state index in [0.29, 0.717) is 31.0 Å². The number of urea groups is 1. The van der Waals surface area contributed by atoms with Crippen molar-refractivity contribution in [3.63, 3.8) is 0 Å². The highest BCUT2D eigenvalue weighted by Gasteiger charge is 2.46. The minimum atomic E-state index is -3.69. The molecule has 2 aliphatic carbocycles. The molecule has 2 saturated heterocycles. The van der Waals surface area contributed by atoms with Gasteiger partial charge in [0.25, 0.3) is 0 Å². The second kappa shape index (κ2) is 7.52. The number of rotatable bonds is 4. The number of hydrogen-bond donors (Lipinski definition) is 2. The quantitative estimate of drug-likeness (QED) is 0.765. The molecule has 6 nitrogen and oxygen atoms in total. The monoisotopic (exact) mass is 431 g/mol. The van der Waals surface area contributed by atoms with Crippen LogP contribution < -0.4 is 10.0 Å². The molecule has 7 heteroatoms. The van der Waals surface area contributed by atoms with Crippen molar-refractivity contribution in [1.29, 1.82) is 0 Å². The maximum absolute atomic E-state index is 13.1. The third kappa shape index (κ3) is 3.44. The van der Waals surface area contributed by atoms with Crippen LogP contribution in [-0.2, 0) is 35.7 Å². The maximum Gasteiger partial charge on any atom is 0.332 e. The third-order valence-electron chi connectivity index (χ3n) is 7.73. The van der Waals surface area contributed by atoms with Gasteiger partial charge in [0.15, 0.2) is 0 Å². The molecule has 2 aliphatic heterocycles. The van der Waals surface area contributed by atoms with Crippen LogP contribution in [0.1, 0.15) is 74.6 Å². The topological polar surface area (TPSA) is 78.5 Å². The molecule has 30 heavy (non-hydrogen) atoms. The molecule has 2 bridgehead atoms. The van der Waals surface area contributed by atoms with Crippen molar-refractivity contribution in [2.75, 3.05) is 5.32 Å². The summed E-state index contributed by atoms with van der Waals surface area (Å²) < 4.78 is 28.5. The summed E-state index contributed by atoms with van der Waals surface area (Å²) in [5.74, 6) is 0. The molecular formula is C23H33N3O3S. The SMILES string of the molecule is CC(C)N1[C@@H]2CC[C@H]1C[C@@H](S(=O)(=O)NC(=O)Nc1c3c(cc4c1CCC4)CCC3)C2. The second-order valence-corrected chi connectivity index (χ2v) is 11.8. The lowest BCUT2D eigenvalue weighted by molar-refractivity contribution is 0.105. The van der Waals surface area contributed by atoms with E-state index < -0.39 is 21.3 Å². The molecule has 0 aromatic heterocycles. The van der Waals surface area contributed by atoms with Gasteiger partial charge in [-0.25, -0.2) is 17.9 Å². The maximum atomic E-state index is 13.1. The number of benzene rings is 1. The number of carbonyl (C=O) groups excluding carboxylic acids is 1. The highest BCUT2D eigenvalue weighted by Crippen LogP contribution is 2.40. The Labute approximate surface area is 179 Å². The van der Waals surface area contributed by atoms with E-state index in [1.54, 1.807) is 0 Å². The normalized spacial score (nSPS) is 27.9. The van der Waals surface area contributed by atoms with Gasteiger partial charge in [0.05, 0.1) is 5.25 Å². The number of anilines is 1. The number of piperidine rings is 1. The standard InChI is InChI=1S/C23H33N3O3S/c1-14(2)26-17-9-10-18(26)13-19(12-17)30(28,29)25-23(27)24-22-20-7-3-5-15(20)11-16-6-4-8-21(16)22/h11,14,17-19H,3-10,12-13H2,1-2H3,(H2,24,25,27)/t17-,18+,19+. The van der Waals surface area contributed by atoms with Crippen LogP contribution >= 0.6 is 0 Å². The van der Waals surface area contributed by atoms with E-state index in [1.807, 2.05) is 0 Å². The van der Waals surface area contributed by atoms with E-state index in [1.165, 1.54) is 22.3 Å². The number of aryl methyl sites for hydroxylation is 2. The minimum absolute atomic E-state index is 0.314. The number of nitrogens with one attached hydrogen (secondary N) is 2. The van der Waals surface area contributed by atoms with Crippen LogP contribution in [0.2, 0.25) is 0 Å². The Kier molecular flexibility index (Phi) is 5.09. The molecule has 164 valence electrons. The Morgan fingerprint density at radius 2 is 1.57 bits per heavy atom. The van der Waals surface area contributed by atoms with Crippen molar-refractivity contribution in [2.45, 2.75) is 101 Å². The van der Waals surface area contributed by atoms with Gasteiger partial charge in [0.2, 0.25) is 10.0 Å². The fraction of sp³-hybridized carbons (Fsp3) is 0.696. The first-order valence-electron chi connectivity index (χ1n) is 11.6. The molecule has 0 unspecified atom stereocenters. The van der Waals surface area contributed by atoms with Gasteiger partial charge < -0.3 is 5.32 Å². The van der Waals surface area contributed by atoms with Gasteiger partial charge in [-0.3, -0.25) is 4.90 Å². The van der Waals surface area contributed by atoms with Crippen molar-refractivity contribution in [3.8, 4) is 0 Å². The van der Waals surface area contributed by atoms with E-state index >= 15 is 0 Å². The van der Waals surface area contributed by atoms with Crippen LogP contribution in [0.3, 0.4) is 0 Å². The van der Waals surface area contributed by atoms with E-state index in [2.05, 4.69) is 34.9 Å². The Morgan fingerprint density at radius 1 is 1.00 bits per heavy atom. The highest BCUT2D eigenvalue weighted by molar-refractivity contribution is 7.90. The molecular weight excluding hydrogens is 398 g/mol. The largest absolute Gasteiger partial charge is 0.332 e. The molecule has 0 radical (unpaired) electrons. The van der Waals surface area contributed by atoms with Crippen molar-refractivity contribution < 1.29 is 13.2 Å². The first kappa shape index (κ1) is 20.3. The van der Waals surface area contributed by atoms with Crippen molar-refractivity contribution in [2.24, 2.45) is 0 Å². The summed E-state index contributed by atoms with van der Waals surface area (Å²) in [5.41, 5.74) is 5.97. The first-order chi connectivity index (χ1) is 14.3. The Bertz CT molecular complexity index is 926. The van der Waals surface area contributed by atoms with Crippen molar-refractivity contribution >= 4 is 21.7 Å². The fourth-order valence-corrected chi connectivity index (χ4v) is 8.01. The third-order valence-corrected chi connectivity index (χ3v) is 9.46. The van der Waals surface area contributed by atoms with Crippen LogP contribution in [0.5, 0.6) is 0 Å². The summed E-state index contributed by atoms with van der Waals surface area (Å²) in [4.78, 5) is 15.3. The van der Waals surface area contributed by atoms with Crippen LogP contribution in [0.25, 0.3) is 0 Å². The molecule has 3 atom stereocenters. The lowest BCUT2D eigenvalue weighted by Crippen LogP contribution is -2.52. The Balaban J connectivity index is 1.31. The Hall–Kier alpha value is -1.60. The number of nitrogens with zero attached hydrogens (tertiary/aromatic N) is 1. The van der Waals surface area contributed by atoms with Gasteiger partial charge in [-0.05, 0) is 100 Å². The van der Waals surface area contributed by atoms with Gasteiger partial charge in [0.1, 0.15) is 0 Å². The molecule has 5 rings (SSSR count). The summed E-state index contributed by atoms with van der Waals surface area (Å²) in [5, 5.41) is 2.48. The average Bonchev–Trinajstić information content (AvgIpc) is 3.38. The minimum Gasteiger partial charge on any atom is -0.307 e. The zero-order valence-electron chi connectivity index (χ0n) is 18.0. The van der Waals surface area contributed by atoms with Crippen molar-refractivity contribution in [1.82, 2.24) is 9.62 Å². The van der Waals surface area contributed by atoms with E-state index in [4.69, 9.17) is 0 Å². The summed E-state index contributed by atoms with van der Waals surface area (Å²) in [7, 11) is -3.69. The first-order valence-corrected chi connectivity index (χ1v) is 13.1. The zero-order valence-corrected chi connectivity index (χ0v) is 18.9. The van der Waals surface area contributed by atoms with Gasteiger partial charge in [-0.15, -0.1) is 0 Å². The van der Waals surface area contributed by atoms with Gasteiger partial charge >= 0.3 is 6.03 Å².